The van der Waals surface area contributed by atoms with E-state index >= 15 is 0 Å². The van der Waals surface area contributed by atoms with E-state index in [1.54, 1.807) is 0 Å². The van der Waals surface area contributed by atoms with Crippen LogP contribution >= 0.6 is 11.8 Å². The van der Waals surface area contributed by atoms with E-state index in [2.05, 4.69) is 39.5 Å². The maximum Gasteiger partial charge on any atom is 0.00785 e. The highest BCUT2D eigenvalue weighted by molar-refractivity contribution is 8.00. The van der Waals surface area contributed by atoms with Gasteiger partial charge < -0.3 is 0 Å². The van der Waals surface area contributed by atoms with E-state index in [-0.39, 0.29) is 0 Å². The van der Waals surface area contributed by atoms with Crippen molar-refractivity contribution in [2.75, 3.05) is 0 Å². The Morgan fingerprint density at radius 3 is 2.31 bits per heavy atom. The molecule has 0 aromatic rings. The molecule has 16 heavy (non-hydrogen) atoms. The fraction of sp³-hybridized carbons (Fsp3) is 1.00. The third kappa shape index (κ3) is 2.97. The van der Waals surface area contributed by atoms with Gasteiger partial charge in [-0.25, -0.2) is 0 Å². The van der Waals surface area contributed by atoms with Gasteiger partial charge in [0.15, 0.2) is 0 Å². The van der Waals surface area contributed by atoms with Crippen LogP contribution in [0.1, 0.15) is 66.2 Å². The van der Waals surface area contributed by atoms with Gasteiger partial charge in [-0.1, -0.05) is 34.1 Å². The van der Waals surface area contributed by atoms with Gasteiger partial charge in [-0.05, 0) is 49.4 Å². The van der Waals surface area contributed by atoms with Crippen LogP contribution in [0.5, 0.6) is 0 Å². The summed E-state index contributed by atoms with van der Waals surface area (Å²) in [6.45, 7) is 9.72. The largest absolute Gasteiger partial charge is 0.155 e. The lowest BCUT2D eigenvalue weighted by Gasteiger charge is -2.39. The summed E-state index contributed by atoms with van der Waals surface area (Å²) in [6, 6.07) is 0. The van der Waals surface area contributed by atoms with Gasteiger partial charge in [0, 0.05) is 10.5 Å². The summed E-state index contributed by atoms with van der Waals surface area (Å²) in [5.41, 5.74) is 0.535. The molecule has 0 aromatic heterocycles. The molecule has 0 N–H and O–H groups in total. The second kappa shape index (κ2) is 4.92. The lowest BCUT2D eigenvalue weighted by Crippen LogP contribution is -2.30. The van der Waals surface area contributed by atoms with Crippen LogP contribution in [0.25, 0.3) is 0 Å². The van der Waals surface area contributed by atoms with E-state index in [0.29, 0.717) is 5.41 Å². The highest BCUT2D eigenvalue weighted by Crippen LogP contribution is 2.47. The van der Waals surface area contributed by atoms with E-state index in [4.69, 9.17) is 0 Å². The molecular formula is C15H28S. The van der Waals surface area contributed by atoms with Crippen LogP contribution in [0.15, 0.2) is 0 Å². The Morgan fingerprint density at radius 1 is 1.00 bits per heavy atom. The van der Waals surface area contributed by atoms with E-state index < -0.39 is 0 Å². The summed E-state index contributed by atoms with van der Waals surface area (Å²) in [6.07, 6.45) is 8.94. The van der Waals surface area contributed by atoms with Crippen molar-refractivity contribution in [3.63, 3.8) is 0 Å². The first-order valence-electron chi connectivity index (χ1n) is 7.12. The smallest absolute Gasteiger partial charge is 0.00785 e. The molecule has 2 fully saturated rings. The van der Waals surface area contributed by atoms with Gasteiger partial charge in [-0.2, -0.15) is 11.8 Å². The van der Waals surface area contributed by atoms with Crippen molar-refractivity contribution < 1.29 is 0 Å². The third-order valence-electron chi connectivity index (χ3n) is 4.73. The van der Waals surface area contributed by atoms with E-state index in [1.165, 1.54) is 38.5 Å². The molecule has 1 aliphatic carbocycles. The Hall–Kier alpha value is 0.350. The molecule has 1 saturated heterocycles. The van der Waals surface area contributed by atoms with E-state index in [0.717, 1.165) is 22.3 Å². The van der Waals surface area contributed by atoms with Crippen LogP contribution in [0.4, 0.5) is 0 Å². The lowest BCUT2D eigenvalue weighted by molar-refractivity contribution is 0.139. The zero-order valence-corrected chi connectivity index (χ0v) is 12.3. The molecule has 4 unspecified atom stereocenters. The fourth-order valence-corrected chi connectivity index (χ4v) is 5.14. The molecule has 0 amide bonds. The molecule has 1 aliphatic heterocycles. The topological polar surface area (TPSA) is 0 Å². The Kier molecular flexibility index (Phi) is 3.93. The molecule has 1 heterocycles. The summed E-state index contributed by atoms with van der Waals surface area (Å²) >= 11 is 2.28. The monoisotopic (exact) mass is 240 g/mol. The maximum absolute atomic E-state index is 2.43. The summed E-state index contributed by atoms with van der Waals surface area (Å²) in [5.74, 6) is 2.01. The van der Waals surface area contributed by atoms with Crippen molar-refractivity contribution in [3.8, 4) is 0 Å². The Morgan fingerprint density at radius 2 is 1.75 bits per heavy atom. The summed E-state index contributed by atoms with van der Waals surface area (Å²) < 4.78 is 0. The molecule has 1 heteroatoms. The van der Waals surface area contributed by atoms with Crippen LogP contribution in [0, 0.1) is 17.3 Å². The van der Waals surface area contributed by atoms with Crippen LogP contribution in [0.2, 0.25) is 0 Å². The average molecular weight is 240 g/mol. The number of hydrogen-bond acceptors (Lipinski definition) is 1. The average Bonchev–Trinajstić information content (AvgIpc) is 2.64. The predicted molar refractivity (Wildman–Crippen MR) is 75.0 cm³/mol. The molecule has 0 nitrogen and oxygen atoms in total. The minimum absolute atomic E-state index is 0.535. The summed E-state index contributed by atoms with van der Waals surface area (Å²) in [7, 11) is 0. The van der Waals surface area contributed by atoms with Gasteiger partial charge in [-0.3, -0.25) is 0 Å². The van der Waals surface area contributed by atoms with Gasteiger partial charge in [0.25, 0.3) is 0 Å². The van der Waals surface area contributed by atoms with Crippen molar-refractivity contribution in [2.24, 2.45) is 17.3 Å². The summed E-state index contributed by atoms with van der Waals surface area (Å²) in [4.78, 5) is 0. The van der Waals surface area contributed by atoms with E-state index in [9.17, 15) is 0 Å². The van der Waals surface area contributed by atoms with Gasteiger partial charge in [0.05, 0.1) is 0 Å². The molecule has 0 aromatic carbocycles. The normalized spacial score (nSPS) is 41.2. The molecule has 0 radical (unpaired) electrons. The summed E-state index contributed by atoms with van der Waals surface area (Å²) in [5, 5.41) is 1.93. The van der Waals surface area contributed by atoms with Crippen molar-refractivity contribution in [1.82, 2.24) is 0 Å². The van der Waals surface area contributed by atoms with Gasteiger partial charge in [0.1, 0.15) is 0 Å². The van der Waals surface area contributed by atoms with Crippen LogP contribution in [0.3, 0.4) is 0 Å². The zero-order valence-electron chi connectivity index (χ0n) is 11.5. The lowest BCUT2D eigenvalue weighted by atomic mass is 9.68. The minimum atomic E-state index is 0.535. The van der Waals surface area contributed by atoms with Crippen LogP contribution < -0.4 is 0 Å². The molecular weight excluding hydrogens is 212 g/mol. The van der Waals surface area contributed by atoms with E-state index in [1.807, 2.05) is 0 Å². The number of hydrogen-bond donors (Lipinski definition) is 0. The molecule has 2 aliphatic rings. The Balaban J connectivity index is 1.92. The van der Waals surface area contributed by atoms with Gasteiger partial charge >= 0.3 is 0 Å². The SMILES string of the molecule is CC1CCC(C2CCCC(C(C)(C)C)C2)S1. The molecule has 4 atom stereocenters. The zero-order chi connectivity index (χ0) is 11.8. The number of thioether (sulfide) groups is 1. The molecule has 94 valence electrons. The first kappa shape index (κ1) is 12.8. The second-order valence-electron chi connectivity index (χ2n) is 7.05. The molecule has 0 bridgehead atoms. The quantitative estimate of drug-likeness (QED) is 0.613. The minimum Gasteiger partial charge on any atom is -0.155 e. The number of rotatable bonds is 1. The van der Waals surface area contributed by atoms with Gasteiger partial charge in [0.2, 0.25) is 0 Å². The third-order valence-corrected chi connectivity index (χ3v) is 6.40. The van der Waals surface area contributed by atoms with Crippen LogP contribution in [-0.4, -0.2) is 10.5 Å². The predicted octanol–water partition coefficient (Wildman–Crippen LogP) is 5.12. The highest BCUT2D eigenvalue weighted by atomic mass is 32.2. The fourth-order valence-electron chi connectivity index (χ4n) is 3.53. The van der Waals surface area contributed by atoms with Crippen molar-refractivity contribution in [2.45, 2.75) is 76.7 Å². The Bertz CT molecular complexity index is 228. The van der Waals surface area contributed by atoms with Crippen molar-refractivity contribution in [1.29, 1.82) is 0 Å². The maximum atomic E-state index is 2.43. The van der Waals surface area contributed by atoms with Gasteiger partial charge in [-0.15, -0.1) is 0 Å². The Labute approximate surface area is 106 Å². The first-order chi connectivity index (χ1) is 7.47. The standard InChI is InChI=1S/C15H28S/c1-11-8-9-14(16-11)12-6-5-7-13(10-12)15(2,3)4/h11-14H,5-10H2,1-4H3. The van der Waals surface area contributed by atoms with Crippen molar-refractivity contribution in [3.05, 3.63) is 0 Å². The second-order valence-corrected chi connectivity index (χ2v) is 8.73. The molecule has 1 saturated carbocycles. The molecule has 0 spiro atoms. The molecule has 2 rings (SSSR count). The first-order valence-corrected chi connectivity index (χ1v) is 8.06. The van der Waals surface area contributed by atoms with Crippen molar-refractivity contribution >= 4 is 11.8 Å². The van der Waals surface area contributed by atoms with Crippen LogP contribution in [-0.2, 0) is 0 Å². The highest BCUT2D eigenvalue weighted by Gasteiger charge is 2.36.